The number of rotatable bonds is 7. The van der Waals surface area contributed by atoms with Crippen LogP contribution in [0.15, 0.2) is 45.7 Å². The van der Waals surface area contributed by atoms with Crippen molar-refractivity contribution in [3.8, 4) is 5.69 Å². The first-order valence-electron chi connectivity index (χ1n) is 8.26. The predicted molar refractivity (Wildman–Crippen MR) is 104 cm³/mol. The summed E-state index contributed by atoms with van der Waals surface area (Å²) in [6, 6.07) is 7.80. The first-order valence-corrected chi connectivity index (χ1v) is 10.1. The van der Waals surface area contributed by atoms with Crippen molar-refractivity contribution in [2.24, 2.45) is 0 Å². The van der Waals surface area contributed by atoms with Crippen LogP contribution in [0.25, 0.3) is 15.9 Å². The Labute approximate surface area is 158 Å². The Balaban J connectivity index is 1.96. The third-order valence-electron chi connectivity index (χ3n) is 3.73. The van der Waals surface area contributed by atoms with E-state index in [1.54, 1.807) is 23.6 Å². The van der Waals surface area contributed by atoms with Crippen LogP contribution in [0.1, 0.15) is 19.8 Å². The molecule has 0 aliphatic carbocycles. The molecule has 0 radical (unpaired) electrons. The number of thioether (sulfide) groups is 1. The second kappa shape index (κ2) is 8.46. The Morgan fingerprint density at radius 1 is 1.35 bits per heavy atom. The highest BCUT2D eigenvalue weighted by Gasteiger charge is 2.17. The molecule has 136 valence electrons. The normalized spacial score (nSPS) is 11.0. The molecule has 0 spiro atoms. The molecule has 0 unspecified atom stereocenters. The number of unbranched alkanes of at least 4 members (excludes halogenated alkanes) is 1. The zero-order valence-corrected chi connectivity index (χ0v) is 15.8. The summed E-state index contributed by atoms with van der Waals surface area (Å²) in [4.78, 5) is 29.3. The summed E-state index contributed by atoms with van der Waals surface area (Å²) in [7, 11) is 0. The van der Waals surface area contributed by atoms with Crippen LogP contribution in [0.3, 0.4) is 0 Å². The van der Waals surface area contributed by atoms with Gasteiger partial charge >= 0.3 is 0 Å². The fraction of sp³-hybridized carbons (Fsp3) is 0.278. The van der Waals surface area contributed by atoms with Gasteiger partial charge in [0.2, 0.25) is 5.91 Å². The third kappa shape index (κ3) is 3.96. The lowest BCUT2D eigenvalue weighted by molar-refractivity contribution is -0.118. The lowest BCUT2D eigenvalue weighted by Crippen LogP contribution is -2.27. The van der Waals surface area contributed by atoms with E-state index < -0.39 is 5.82 Å². The maximum absolute atomic E-state index is 14.3. The summed E-state index contributed by atoms with van der Waals surface area (Å²) in [6.45, 7) is 2.67. The molecule has 2 aromatic heterocycles. The third-order valence-corrected chi connectivity index (χ3v) is 5.56. The van der Waals surface area contributed by atoms with Crippen LogP contribution in [-0.4, -0.2) is 27.8 Å². The van der Waals surface area contributed by atoms with Crippen molar-refractivity contribution in [1.29, 1.82) is 0 Å². The second-order valence-electron chi connectivity index (χ2n) is 5.61. The molecule has 1 N–H and O–H groups in total. The topological polar surface area (TPSA) is 64.0 Å². The molecule has 0 saturated carbocycles. The van der Waals surface area contributed by atoms with Crippen molar-refractivity contribution >= 4 is 39.2 Å². The highest BCUT2D eigenvalue weighted by atomic mass is 32.2. The Morgan fingerprint density at radius 3 is 2.92 bits per heavy atom. The molecular weight excluding hydrogens is 373 g/mol. The highest BCUT2D eigenvalue weighted by molar-refractivity contribution is 7.99. The van der Waals surface area contributed by atoms with Crippen LogP contribution in [0.2, 0.25) is 0 Å². The van der Waals surface area contributed by atoms with Crippen LogP contribution < -0.4 is 10.9 Å². The molecule has 5 nitrogen and oxygen atoms in total. The van der Waals surface area contributed by atoms with Gasteiger partial charge in [0.15, 0.2) is 5.16 Å². The number of nitrogens with zero attached hydrogens (tertiary/aromatic N) is 2. The molecular formula is C18H18FN3O2S2. The van der Waals surface area contributed by atoms with E-state index in [0.29, 0.717) is 21.9 Å². The Kier molecular flexibility index (Phi) is 6.05. The first-order chi connectivity index (χ1) is 12.6. The SMILES string of the molecule is CCCCNC(=O)CSc1nc2ccsc2c(=O)n1-c1ccccc1F. The van der Waals surface area contributed by atoms with E-state index in [4.69, 9.17) is 0 Å². The lowest BCUT2D eigenvalue weighted by atomic mass is 10.3. The number of para-hydroxylation sites is 1. The number of fused-ring (bicyclic) bond motifs is 1. The zero-order valence-electron chi connectivity index (χ0n) is 14.2. The van der Waals surface area contributed by atoms with Gasteiger partial charge in [0.1, 0.15) is 10.5 Å². The van der Waals surface area contributed by atoms with Crippen molar-refractivity contribution in [3.63, 3.8) is 0 Å². The molecule has 0 aliphatic rings. The van der Waals surface area contributed by atoms with Crippen molar-refractivity contribution in [2.45, 2.75) is 24.9 Å². The first kappa shape index (κ1) is 18.6. The van der Waals surface area contributed by atoms with Crippen LogP contribution in [0, 0.1) is 5.82 Å². The van der Waals surface area contributed by atoms with Gasteiger partial charge in [0, 0.05) is 6.54 Å². The number of hydrogen-bond acceptors (Lipinski definition) is 5. The summed E-state index contributed by atoms with van der Waals surface area (Å²) in [6.07, 6.45) is 1.91. The van der Waals surface area contributed by atoms with E-state index in [1.807, 2.05) is 6.92 Å². The largest absolute Gasteiger partial charge is 0.355 e. The molecule has 2 heterocycles. The number of nitrogens with one attached hydrogen (secondary N) is 1. The van der Waals surface area contributed by atoms with Crippen LogP contribution in [-0.2, 0) is 4.79 Å². The molecule has 26 heavy (non-hydrogen) atoms. The standard InChI is InChI=1S/C18H18FN3O2S2/c1-2-3-9-20-15(23)11-26-18-21-13-8-10-25-16(13)17(24)22(18)14-7-5-4-6-12(14)19/h4-8,10H,2-3,9,11H2,1H3,(H,20,23). The molecule has 0 saturated heterocycles. The minimum Gasteiger partial charge on any atom is -0.355 e. The zero-order chi connectivity index (χ0) is 18.5. The Bertz CT molecular complexity index is 984. The molecule has 3 aromatic rings. The molecule has 8 heteroatoms. The van der Waals surface area contributed by atoms with Crippen LogP contribution in [0.4, 0.5) is 4.39 Å². The van der Waals surface area contributed by atoms with Gasteiger partial charge in [-0.15, -0.1) is 11.3 Å². The molecule has 0 fully saturated rings. The predicted octanol–water partition coefficient (Wildman–Crippen LogP) is 3.59. The fourth-order valence-electron chi connectivity index (χ4n) is 2.42. The van der Waals surface area contributed by atoms with Crippen molar-refractivity contribution < 1.29 is 9.18 Å². The van der Waals surface area contributed by atoms with E-state index in [-0.39, 0.29) is 22.9 Å². The van der Waals surface area contributed by atoms with Gasteiger partial charge in [-0.25, -0.2) is 9.37 Å². The van der Waals surface area contributed by atoms with E-state index in [9.17, 15) is 14.0 Å². The summed E-state index contributed by atoms with van der Waals surface area (Å²) in [5.41, 5.74) is 0.361. The van der Waals surface area contributed by atoms with Gasteiger partial charge in [-0.1, -0.05) is 37.2 Å². The molecule has 0 aliphatic heterocycles. The average Bonchev–Trinajstić information content (AvgIpc) is 3.10. The van der Waals surface area contributed by atoms with Gasteiger partial charge < -0.3 is 5.32 Å². The number of aromatic nitrogens is 2. The van der Waals surface area contributed by atoms with E-state index in [0.717, 1.165) is 24.6 Å². The maximum Gasteiger partial charge on any atom is 0.276 e. The van der Waals surface area contributed by atoms with Crippen molar-refractivity contribution in [1.82, 2.24) is 14.9 Å². The second-order valence-corrected chi connectivity index (χ2v) is 7.47. The Morgan fingerprint density at radius 2 is 2.15 bits per heavy atom. The smallest absolute Gasteiger partial charge is 0.276 e. The fourth-order valence-corrected chi connectivity index (χ4v) is 4.02. The minimum atomic E-state index is -0.512. The number of amides is 1. The highest BCUT2D eigenvalue weighted by Crippen LogP contribution is 2.24. The molecule has 0 atom stereocenters. The van der Waals surface area contributed by atoms with E-state index in [1.165, 1.54) is 28.0 Å². The van der Waals surface area contributed by atoms with Gasteiger partial charge in [0.05, 0.1) is 17.0 Å². The van der Waals surface area contributed by atoms with Crippen LogP contribution >= 0.6 is 23.1 Å². The summed E-state index contributed by atoms with van der Waals surface area (Å²) >= 11 is 2.40. The van der Waals surface area contributed by atoms with E-state index >= 15 is 0 Å². The number of benzene rings is 1. The lowest BCUT2D eigenvalue weighted by Gasteiger charge is -2.12. The number of hydrogen-bond donors (Lipinski definition) is 1. The average molecular weight is 391 g/mol. The maximum atomic E-state index is 14.3. The quantitative estimate of drug-likeness (QED) is 0.380. The molecule has 3 rings (SSSR count). The van der Waals surface area contributed by atoms with Gasteiger partial charge in [-0.3, -0.25) is 14.2 Å². The summed E-state index contributed by atoms with van der Waals surface area (Å²) in [5, 5.41) is 4.90. The van der Waals surface area contributed by atoms with E-state index in [2.05, 4.69) is 10.3 Å². The van der Waals surface area contributed by atoms with Crippen molar-refractivity contribution in [3.05, 3.63) is 51.9 Å². The summed E-state index contributed by atoms with van der Waals surface area (Å²) < 4.78 is 16.0. The molecule has 0 bridgehead atoms. The Hall–Kier alpha value is -2.19. The van der Waals surface area contributed by atoms with Gasteiger partial charge in [-0.05, 0) is 30.0 Å². The van der Waals surface area contributed by atoms with Crippen molar-refractivity contribution in [2.75, 3.05) is 12.3 Å². The minimum absolute atomic E-state index is 0.111. The number of halogens is 1. The molecule has 1 aromatic carbocycles. The summed E-state index contributed by atoms with van der Waals surface area (Å²) in [5.74, 6) is -0.537. The van der Waals surface area contributed by atoms with Crippen LogP contribution in [0.5, 0.6) is 0 Å². The number of thiophene rings is 1. The van der Waals surface area contributed by atoms with Gasteiger partial charge in [-0.2, -0.15) is 0 Å². The monoisotopic (exact) mass is 391 g/mol. The molecule has 1 amide bonds. The number of carbonyl (C=O) groups is 1. The van der Waals surface area contributed by atoms with Gasteiger partial charge in [0.25, 0.3) is 5.56 Å². The number of carbonyl (C=O) groups excluding carboxylic acids is 1.